The van der Waals surface area contributed by atoms with Crippen molar-refractivity contribution in [3.63, 3.8) is 0 Å². The Morgan fingerprint density at radius 2 is 1.94 bits per heavy atom. The van der Waals surface area contributed by atoms with Gasteiger partial charge >= 0.3 is 0 Å². The summed E-state index contributed by atoms with van der Waals surface area (Å²) in [7, 11) is 0. The van der Waals surface area contributed by atoms with E-state index in [4.69, 9.17) is 23.1 Å². The molecule has 1 aromatic carbocycles. The van der Waals surface area contributed by atoms with Gasteiger partial charge < -0.3 is 21.7 Å². The fraction of sp³-hybridized carbons (Fsp3) is 0.316. The summed E-state index contributed by atoms with van der Waals surface area (Å²) < 4.78 is 14.9. The second-order valence-corrected chi connectivity index (χ2v) is 7.45. The topological polar surface area (TPSA) is 153 Å². The van der Waals surface area contributed by atoms with Crippen molar-refractivity contribution in [1.82, 2.24) is 20.0 Å². The van der Waals surface area contributed by atoms with E-state index in [1.54, 1.807) is 6.07 Å². The normalized spacial score (nSPS) is 13.0. The summed E-state index contributed by atoms with van der Waals surface area (Å²) in [4.78, 5) is 49.4. The van der Waals surface area contributed by atoms with Crippen LogP contribution >= 0.6 is 11.6 Å². The molecule has 12 heteroatoms. The molecule has 5 N–H and O–H groups in total. The Kier molecular flexibility index (Phi) is 6.54. The van der Waals surface area contributed by atoms with Crippen LogP contribution in [0.15, 0.2) is 24.3 Å². The number of nitrogens with one attached hydrogen (secondary N) is 1. The summed E-state index contributed by atoms with van der Waals surface area (Å²) in [5, 5.41) is 6.35. The Morgan fingerprint density at radius 1 is 1.23 bits per heavy atom. The zero-order chi connectivity index (χ0) is 22.7. The highest BCUT2D eigenvalue weighted by Crippen LogP contribution is 2.27. The standard InChI is InChI=1S/C19H20ClFN6O4/c20-12-3-1-2-10(17(12)21)7-24-15(28)8-26(11-4-5-11)16(29)9-27-14(19(23)31)6-13(25-27)18(22)30/h1-3,6,11H,4-5,7-9H2,(H2,22,30)(H2,23,31)(H,24,28). The minimum Gasteiger partial charge on any atom is -0.364 e. The minimum absolute atomic E-state index is 0.0543. The summed E-state index contributed by atoms with van der Waals surface area (Å²) in [6.45, 7) is -0.759. The molecule has 3 rings (SSSR count). The van der Waals surface area contributed by atoms with Crippen molar-refractivity contribution < 1.29 is 23.6 Å². The number of rotatable bonds is 9. The van der Waals surface area contributed by atoms with Gasteiger partial charge in [0.15, 0.2) is 5.69 Å². The molecule has 10 nitrogen and oxygen atoms in total. The Labute approximate surface area is 181 Å². The number of carbonyl (C=O) groups excluding carboxylic acids is 4. The molecule has 1 heterocycles. The molecule has 1 aliphatic rings. The Morgan fingerprint density at radius 3 is 2.55 bits per heavy atom. The maximum atomic E-state index is 14.0. The largest absolute Gasteiger partial charge is 0.364 e. The van der Waals surface area contributed by atoms with Crippen LogP contribution in [0.3, 0.4) is 0 Å². The van der Waals surface area contributed by atoms with Crippen LogP contribution in [0.1, 0.15) is 39.4 Å². The van der Waals surface area contributed by atoms with E-state index in [9.17, 15) is 23.6 Å². The van der Waals surface area contributed by atoms with Crippen molar-refractivity contribution in [2.24, 2.45) is 11.5 Å². The van der Waals surface area contributed by atoms with Crippen molar-refractivity contribution in [3.05, 3.63) is 52.1 Å². The third kappa shape index (κ3) is 5.37. The molecule has 0 aliphatic heterocycles. The van der Waals surface area contributed by atoms with Gasteiger partial charge in [0.25, 0.3) is 11.8 Å². The van der Waals surface area contributed by atoms with E-state index in [0.29, 0.717) is 0 Å². The second kappa shape index (κ2) is 9.13. The first-order chi connectivity index (χ1) is 14.7. The molecule has 1 aliphatic carbocycles. The molecule has 2 aromatic rings. The van der Waals surface area contributed by atoms with Gasteiger partial charge in [0.2, 0.25) is 11.8 Å². The second-order valence-electron chi connectivity index (χ2n) is 7.04. The number of primary amides is 2. The van der Waals surface area contributed by atoms with Crippen LogP contribution in [-0.4, -0.2) is 50.9 Å². The summed E-state index contributed by atoms with van der Waals surface area (Å²) in [6.07, 6.45) is 1.44. The quantitative estimate of drug-likeness (QED) is 0.497. The van der Waals surface area contributed by atoms with E-state index in [0.717, 1.165) is 23.6 Å². The van der Waals surface area contributed by atoms with Gasteiger partial charge in [0.05, 0.1) is 11.6 Å². The molecule has 0 saturated heterocycles. The average molecular weight is 451 g/mol. The maximum absolute atomic E-state index is 14.0. The van der Waals surface area contributed by atoms with Crippen LogP contribution in [0, 0.1) is 5.82 Å². The van der Waals surface area contributed by atoms with E-state index in [1.807, 2.05) is 0 Å². The number of nitrogens with zero attached hydrogens (tertiary/aromatic N) is 3. The van der Waals surface area contributed by atoms with Gasteiger partial charge in [-0.25, -0.2) is 9.07 Å². The zero-order valence-corrected chi connectivity index (χ0v) is 17.1. The monoisotopic (exact) mass is 450 g/mol. The molecule has 1 saturated carbocycles. The van der Waals surface area contributed by atoms with Crippen molar-refractivity contribution in [2.75, 3.05) is 6.54 Å². The molecule has 1 fully saturated rings. The SMILES string of the molecule is NC(=O)c1cc(C(N)=O)n(CC(=O)N(CC(=O)NCc2cccc(Cl)c2F)C2CC2)n1. The lowest BCUT2D eigenvalue weighted by Gasteiger charge is -2.22. The third-order valence-corrected chi connectivity index (χ3v) is 4.99. The fourth-order valence-electron chi connectivity index (χ4n) is 2.97. The number of benzene rings is 1. The molecule has 164 valence electrons. The maximum Gasteiger partial charge on any atom is 0.269 e. The van der Waals surface area contributed by atoms with Gasteiger partial charge in [0, 0.05) is 24.2 Å². The van der Waals surface area contributed by atoms with Crippen LogP contribution in [-0.2, 0) is 22.7 Å². The fourth-order valence-corrected chi connectivity index (χ4v) is 3.17. The van der Waals surface area contributed by atoms with Gasteiger partial charge in [-0.15, -0.1) is 0 Å². The predicted octanol–water partition coefficient (Wildman–Crippen LogP) is 0.181. The van der Waals surface area contributed by atoms with Gasteiger partial charge in [-0.3, -0.25) is 19.2 Å². The first-order valence-corrected chi connectivity index (χ1v) is 9.71. The van der Waals surface area contributed by atoms with E-state index >= 15 is 0 Å². The molecule has 0 spiro atoms. The van der Waals surface area contributed by atoms with Crippen molar-refractivity contribution >= 4 is 35.2 Å². The van der Waals surface area contributed by atoms with E-state index in [2.05, 4.69) is 10.4 Å². The first kappa shape index (κ1) is 22.2. The van der Waals surface area contributed by atoms with Crippen molar-refractivity contribution in [1.29, 1.82) is 0 Å². The number of aromatic nitrogens is 2. The Balaban J connectivity index is 1.66. The van der Waals surface area contributed by atoms with Crippen molar-refractivity contribution in [3.8, 4) is 0 Å². The minimum atomic E-state index is -0.882. The lowest BCUT2D eigenvalue weighted by Crippen LogP contribution is -2.43. The van der Waals surface area contributed by atoms with Gasteiger partial charge in [-0.05, 0) is 18.9 Å². The molecule has 31 heavy (non-hydrogen) atoms. The predicted molar refractivity (Wildman–Crippen MR) is 107 cm³/mol. The van der Waals surface area contributed by atoms with Gasteiger partial charge in [-0.2, -0.15) is 5.10 Å². The highest BCUT2D eigenvalue weighted by molar-refractivity contribution is 6.30. The molecule has 0 atom stereocenters. The highest BCUT2D eigenvalue weighted by Gasteiger charge is 2.34. The number of hydrogen-bond donors (Lipinski definition) is 3. The number of amides is 4. The number of halogens is 2. The zero-order valence-electron chi connectivity index (χ0n) is 16.3. The summed E-state index contributed by atoms with van der Waals surface area (Å²) in [5.74, 6) is -3.36. The Bertz CT molecular complexity index is 1050. The van der Waals surface area contributed by atoms with E-state index in [-0.39, 0.29) is 41.1 Å². The summed E-state index contributed by atoms with van der Waals surface area (Å²) in [5.41, 5.74) is 10.3. The van der Waals surface area contributed by atoms with Crippen LogP contribution in [0.5, 0.6) is 0 Å². The van der Waals surface area contributed by atoms with Crippen LogP contribution in [0.25, 0.3) is 0 Å². The number of hydrogen-bond acceptors (Lipinski definition) is 5. The van der Waals surface area contributed by atoms with Gasteiger partial charge in [0.1, 0.15) is 18.1 Å². The lowest BCUT2D eigenvalue weighted by atomic mass is 10.2. The van der Waals surface area contributed by atoms with Gasteiger partial charge in [-0.1, -0.05) is 23.7 Å². The number of nitrogens with two attached hydrogens (primary N) is 2. The third-order valence-electron chi connectivity index (χ3n) is 4.70. The van der Waals surface area contributed by atoms with E-state index in [1.165, 1.54) is 17.0 Å². The number of carbonyl (C=O) groups is 4. The van der Waals surface area contributed by atoms with E-state index < -0.39 is 36.0 Å². The average Bonchev–Trinajstić information content (AvgIpc) is 3.45. The molecular formula is C19H20ClFN6O4. The highest BCUT2D eigenvalue weighted by atomic mass is 35.5. The van der Waals surface area contributed by atoms with Crippen LogP contribution < -0.4 is 16.8 Å². The van der Waals surface area contributed by atoms with Crippen molar-refractivity contribution in [2.45, 2.75) is 32.0 Å². The van der Waals surface area contributed by atoms with Crippen LogP contribution in [0.2, 0.25) is 5.02 Å². The Hall–Kier alpha value is -3.47. The lowest BCUT2D eigenvalue weighted by molar-refractivity contribution is -0.137. The molecule has 4 amide bonds. The smallest absolute Gasteiger partial charge is 0.269 e. The first-order valence-electron chi connectivity index (χ1n) is 9.34. The summed E-state index contributed by atoms with van der Waals surface area (Å²) >= 11 is 5.73. The molecule has 1 aromatic heterocycles. The molecule has 0 unspecified atom stereocenters. The summed E-state index contributed by atoms with van der Waals surface area (Å²) in [6, 6.07) is 5.42. The molecular weight excluding hydrogens is 431 g/mol. The molecule has 0 radical (unpaired) electrons. The molecule has 0 bridgehead atoms. The van der Waals surface area contributed by atoms with Crippen LogP contribution in [0.4, 0.5) is 4.39 Å².